The Morgan fingerprint density at radius 1 is 1.18 bits per heavy atom. The number of nitrogens with zero attached hydrogens (tertiary/aromatic N) is 2. The maximum absolute atomic E-state index is 12.8. The molecule has 1 N–H and O–H groups in total. The van der Waals surface area contributed by atoms with E-state index in [0.717, 1.165) is 18.4 Å². The second kappa shape index (κ2) is 9.53. The average molecular weight is 385 g/mol. The number of benzene rings is 1. The molecule has 1 aliphatic carbocycles. The minimum atomic E-state index is -0.411. The normalized spacial score (nSPS) is 14.6. The van der Waals surface area contributed by atoms with Crippen LogP contribution in [0.2, 0.25) is 0 Å². The summed E-state index contributed by atoms with van der Waals surface area (Å²) < 4.78 is 9.29. The summed E-state index contributed by atoms with van der Waals surface area (Å²) in [4.78, 5) is 25.1. The van der Waals surface area contributed by atoms with E-state index in [0.29, 0.717) is 30.3 Å². The average Bonchev–Trinajstić information content (AvgIpc) is 3.17. The lowest BCUT2D eigenvalue weighted by atomic mass is 9.96. The molecule has 6 heteroatoms. The summed E-state index contributed by atoms with van der Waals surface area (Å²) in [6, 6.07) is 7.88. The molecule has 1 fully saturated rings. The minimum absolute atomic E-state index is 0.146. The molecule has 0 aliphatic heterocycles. The highest BCUT2D eigenvalue weighted by Crippen LogP contribution is 2.27. The van der Waals surface area contributed by atoms with Crippen molar-refractivity contribution in [3.05, 3.63) is 47.8 Å². The third-order valence-electron chi connectivity index (χ3n) is 5.34. The van der Waals surface area contributed by atoms with E-state index in [1.807, 2.05) is 42.2 Å². The number of aryl methyl sites for hydroxylation is 1. The van der Waals surface area contributed by atoms with Crippen LogP contribution in [0, 0.1) is 0 Å². The van der Waals surface area contributed by atoms with Crippen LogP contribution in [0.1, 0.15) is 67.9 Å². The number of hydrogen-bond donors (Lipinski definition) is 1. The Morgan fingerprint density at radius 2 is 1.96 bits per heavy atom. The van der Waals surface area contributed by atoms with Crippen LogP contribution in [0.5, 0.6) is 0 Å². The number of ether oxygens (including phenoxy) is 1. The van der Waals surface area contributed by atoms with Crippen LogP contribution < -0.4 is 10.00 Å². The van der Waals surface area contributed by atoms with Crippen LogP contribution in [-0.2, 0) is 22.5 Å². The molecule has 0 bridgehead atoms. The molecule has 1 heterocycles. The van der Waals surface area contributed by atoms with Crippen LogP contribution in [0.15, 0.2) is 36.7 Å². The highest BCUT2D eigenvalue weighted by Gasteiger charge is 2.24. The summed E-state index contributed by atoms with van der Waals surface area (Å²) >= 11 is 0. The van der Waals surface area contributed by atoms with Crippen molar-refractivity contribution in [1.29, 1.82) is 0 Å². The van der Waals surface area contributed by atoms with Crippen LogP contribution in [0.4, 0.5) is 5.69 Å². The van der Waals surface area contributed by atoms with E-state index in [4.69, 9.17) is 4.74 Å². The van der Waals surface area contributed by atoms with Crippen LogP contribution in [0.3, 0.4) is 0 Å². The Balaban J connectivity index is 1.77. The molecule has 1 amide bonds. The predicted molar refractivity (Wildman–Crippen MR) is 107 cm³/mol. The smallest absolute Gasteiger partial charge is 0.340 e. The Kier molecular flexibility index (Phi) is 6.85. The van der Waals surface area contributed by atoms with Gasteiger partial charge in [-0.1, -0.05) is 38.3 Å². The number of para-hydroxylation sites is 1. The second-order valence-corrected chi connectivity index (χ2v) is 7.22. The third kappa shape index (κ3) is 4.61. The van der Waals surface area contributed by atoms with Gasteiger partial charge in [0.15, 0.2) is 6.20 Å². The number of anilines is 1. The maximum atomic E-state index is 12.8. The molecule has 0 radical (unpaired) electrons. The molecule has 1 saturated carbocycles. The summed E-state index contributed by atoms with van der Waals surface area (Å²) in [5, 5.41) is 2.96. The summed E-state index contributed by atoms with van der Waals surface area (Å²) in [5.74, 6) is -0.557. The summed E-state index contributed by atoms with van der Waals surface area (Å²) in [7, 11) is 0. The first-order valence-electron chi connectivity index (χ1n) is 10.3. The topological polar surface area (TPSA) is 64.2 Å². The highest BCUT2D eigenvalue weighted by atomic mass is 16.5. The monoisotopic (exact) mass is 384 g/mol. The molecule has 28 heavy (non-hydrogen) atoms. The number of aromatic nitrogens is 2. The Labute approximate surface area is 166 Å². The van der Waals surface area contributed by atoms with Gasteiger partial charge in [0, 0.05) is 6.07 Å². The van der Waals surface area contributed by atoms with Crippen molar-refractivity contribution in [2.75, 3.05) is 11.9 Å². The summed E-state index contributed by atoms with van der Waals surface area (Å²) in [6.07, 6.45) is 10.8. The molecule has 0 atom stereocenters. The molecule has 3 rings (SSSR count). The standard InChI is InChI=1S/C22H29N3O3/c1-3-17-10-8-13-19(22(27)28-4-2)21(17)23-20(26)16-24-14-9-15-25(24)18-11-6-5-7-12-18/h8-10,13-15,18H,3-7,11-12,16H2,1-2H3/p+1. The lowest BCUT2D eigenvalue weighted by Gasteiger charge is -2.21. The molecule has 0 unspecified atom stereocenters. The fourth-order valence-corrected chi connectivity index (χ4v) is 3.95. The van der Waals surface area contributed by atoms with Crippen LogP contribution in [0.25, 0.3) is 0 Å². The van der Waals surface area contributed by atoms with Crippen LogP contribution >= 0.6 is 0 Å². The molecule has 6 nitrogen and oxygen atoms in total. The number of esters is 1. The largest absolute Gasteiger partial charge is 0.462 e. The molecular formula is C22H30N3O3+. The highest BCUT2D eigenvalue weighted by molar-refractivity contribution is 6.02. The third-order valence-corrected chi connectivity index (χ3v) is 5.34. The molecule has 1 aliphatic rings. The number of rotatable bonds is 7. The molecular weight excluding hydrogens is 354 g/mol. The van der Waals surface area contributed by atoms with Crippen molar-refractivity contribution in [3.63, 3.8) is 0 Å². The number of hydrogen-bond acceptors (Lipinski definition) is 3. The molecule has 1 aromatic heterocycles. The number of amides is 1. The zero-order chi connectivity index (χ0) is 19.9. The molecule has 150 valence electrons. The van der Waals surface area contributed by atoms with Crippen molar-refractivity contribution in [2.24, 2.45) is 0 Å². The van der Waals surface area contributed by atoms with E-state index in [2.05, 4.69) is 10.00 Å². The van der Waals surface area contributed by atoms with Crippen LogP contribution in [-0.4, -0.2) is 23.2 Å². The van der Waals surface area contributed by atoms with Gasteiger partial charge in [-0.2, -0.15) is 4.68 Å². The molecule has 0 spiro atoms. The van der Waals surface area contributed by atoms with Gasteiger partial charge >= 0.3 is 5.97 Å². The summed E-state index contributed by atoms with van der Waals surface area (Å²) in [5.41, 5.74) is 1.89. The minimum Gasteiger partial charge on any atom is -0.462 e. The van der Waals surface area contributed by atoms with Gasteiger partial charge in [0.05, 0.1) is 30.1 Å². The van der Waals surface area contributed by atoms with Gasteiger partial charge in [0.2, 0.25) is 6.54 Å². The number of nitrogens with one attached hydrogen (secondary N) is 1. The van der Waals surface area contributed by atoms with Gasteiger partial charge in [-0.3, -0.25) is 4.79 Å². The van der Waals surface area contributed by atoms with Crippen molar-refractivity contribution >= 4 is 17.6 Å². The van der Waals surface area contributed by atoms with Gasteiger partial charge in [0.1, 0.15) is 0 Å². The SMILES string of the molecule is CCOC(=O)c1cccc(CC)c1NC(=O)C[n+]1cccn1C1CCCCC1. The van der Waals surface area contributed by atoms with Gasteiger partial charge in [-0.15, -0.1) is 4.68 Å². The number of carbonyl (C=O) groups excluding carboxylic acids is 2. The van der Waals surface area contributed by atoms with Gasteiger partial charge in [-0.05, 0) is 37.8 Å². The zero-order valence-electron chi connectivity index (χ0n) is 16.8. The maximum Gasteiger partial charge on any atom is 0.340 e. The van der Waals surface area contributed by atoms with Crippen molar-refractivity contribution in [2.45, 2.75) is 65.0 Å². The molecule has 2 aromatic rings. The van der Waals surface area contributed by atoms with Crippen molar-refractivity contribution in [3.8, 4) is 0 Å². The first-order valence-corrected chi connectivity index (χ1v) is 10.3. The van der Waals surface area contributed by atoms with E-state index < -0.39 is 5.97 Å². The van der Waals surface area contributed by atoms with E-state index >= 15 is 0 Å². The predicted octanol–water partition coefficient (Wildman–Crippen LogP) is 3.66. The Hall–Kier alpha value is -2.63. The quantitative estimate of drug-likeness (QED) is 0.585. The molecule has 0 saturated heterocycles. The lowest BCUT2D eigenvalue weighted by Crippen LogP contribution is -2.48. The fourth-order valence-electron chi connectivity index (χ4n) is 3.95. The first-order chi connectivity index (χ1) is 13.6. The second-order valence-electron chi connectivity index (χ2n) is 7.22. The van der Waals surface area contributed by atoms with Crippen molar-refractivity contribution in [1.82, 2.24) is 4.68 Å². The Bertz CT molecular complexity index is 822. The summed E-state index contributed by atoms with van der Waals surface area (Å²) in [6.45, 7) is 4.29. The van der Waals surface area contributed by atoms with E-state index in [1.54, 1.807) is 13.0 Å². The molecule has 1 aromatic carbocycles. The number of carbonyl (C=O) groups is 2. The van der Waals surface area contributed by atoms with E-state index in [-0.39, 0.29) is 12.5 Å². The van der Waals surface area contributed by atoms with Gasteiger partial charge < -0.3 is 10.1 Å². The fraction of sp³-hybridized carbons (Fsp3) is 0.500. The van der Waals surface area contributed by atoms with Gasteiger partial charge in [-0.25, -0.2) is 4.79 Å². The van der Waals surface area contributed by atoms with Crippen molar-refractivity contribution < 1.29 is 19.0 Å². The van der Waals surface area contributed by atoms with Gasteiger partial charge in [0.25, 0.3) is 5.91 Å². The lowest BCUT2D eigenvalue weighted by molar-refractivity contribution is -0.767. The van der Waals surface area contributed by atoms with E-state index in [1.165, 1.54) is 19.3 Å². The van der Waals surface area contributed by atoms with E-state index in [9.17, 15) is 9.59 Å². The zero-order valence-corrected chi connectivity index (χ0v) is 16.8. The first kappa shape index (κ1) is 20.1. The Morgan fingerprint density at radius 3 is 2.68 bits per heavy atom.